The predicted octanol–water partition coefficient (Wildman–Crippen LogP) is 10.1. The zero-order valence-electron chi connectivity index (χ0n) is 48.6. The molecule has 4 fully saturated rings. The van der Waals surface area contributed by atoms with Crippen LogP contribution in [-0.4, -0.2) is 119 Å². The SMILES string of the molecule is CC(=O)c1nn(CC(=O)N2[C@H](C(=O)Nc3nc(Br)c(F)cc3C)C[C@@]3(C)C[C@@H]23)c2c(C)cc(-c3cnc(C)nc3)cc12.CC(=O)c1nn(CC(=O)O)c2c(C)cc(-c3cnc(C)nc3)cc12.Cc1cc(F)c(Br)nc1NC(=O)[C@@H]1C[C@@]2(C)C[C@H]2N1.Cl. The fourth-order valence-electron chi connectivity index (χ4n) is 11.5. The molecule has 0 spiro atoms. The van der Waals surface area contributed by atoms with Crippen LogP contribution < -0.4 is 16.0 Å². The Balaban J connectivity index is 0.000000169. The highest BCUT2D eigenvalue weighted by Gasteiger charge is 2.64. The van der Waals surface area contributed by atoms with Crippen LogP contribution >= 0.6 is 44.3 Å². The van der Waals surface area contributed by atoms with Crippen molar-refractivity contribution >= 4 is 113 Å². The summed E-state index contributed by atoms with van der Waals surface area (Å²) in [4.78, 5) is 102. The van der Waals surface area contributed by atoms with Crippen molar-refractivity contribution in [3.63, 3.8) is 0 Å². The van der Waals surface area contributed by atoms with E-state index in [1.807, 2.05) is 52.0 Å². The number of aliphatic carboxylic acids is 1. The van der Waals surface area contributed by atoms with Crippen LogP contribution in [0.25, 0.3) is 44.1 Å². The van der Waals surface area contributed by atoms with Crippen LogP contribution in [0.5, 0.6) is 0 Å². The van der Waals surface area contributed by atoms with E-state index in [2.05, 4.69) is 102 Å². The maximum atomic E-state index is 13.9. The molecule has 2 aliphatic heterocycles. The Morgan fingerprint density at radius 2 is 1.07 bits per heavy atom. The number of hydrogen-bond acceptors (Lipinski definition) is 15. The third kappa shape index (κ3) is 12.7. The molecule has 2 aliphatic carbocycles. The van der Waals surface area contributed by atoms with Crippen LogP contribution in [0.1, 0.15) is 108 Å². The van der Waals surface area contributed by atoms with Gasteiger partial charge in [0.25, 0.3) is 0 Å². The Bertz CT molecular complexity index is 4110. The number of aryl methyl sites for hydroxylation is 6. The van der Waals surface area contributed by atoms with Gasteiger partial charge in [-0.2, -0.15) is 10.2 Å². The van der Waals surface area contributed by atoms with E-state index in [9.17, 15) is 37.5 Å². The van der Waals surface area contributed by atoms with Crippen LogP contribution in [0, 0.1) is 64.0 Å². The summed E-state index contributed by atoms with van der Waals surface area (Å²) >= 11 is 6.09. The van der Waals surface area contributed by atoms with E-state index in [0.29, 0.717) is 62.9 Å². The molecule has 448 valence electrons. The molecule has 0 radical (unpaired) electrons. The lowest BCUT2D eigenvalue weighted by Crippen LogP contribution is -2.47. The van der Waals surface area contributed by atoms with Crippen molar-refractivity contribution < 1.29 is 42.7 Å². The summed E-state index contributed by atoms with van der Waals surface area (Å²) in [6.07, 6.45) is 10.2. The number of halogens is 5. The number of carboxylic acids is 1. The normalized spacial score (nSPS) is 20.4. The molecule has 0 unspecified atom stereocenters. The molecule has 8 aromatic rings. The molecule has 86 heavy (non-hydrogen) atoms. The number of rotatable bonds is 12. The summed E-state index contributed by atoms with van der Waals surface area (Å²) in [5.74, 6) is -1.14. The van der Waals surface area contributed by atoms with Gasteiger partial charge in [0.2, 0.25) is 17.7 Å². The van der Waals surface area contributed by atoms with Crippen molar-refractivity contribution in [1.82, 2.24) is 59.7 Å². The molecular weight excluding hydrogens is 1260 g/mol. The summed E-state index contributed by atoms with van der Waals surface area (Å²) < 4.78 is 30.2. The number of hydrogen-bond donors (Lipinski definition) is 4. The zero-order chi connectivity index (χ0) is 61.3. The lowest BCUT2D eigenvalue weighted by molar-refractivity contribution is -0.138. The highest BCUT2D eigenvalue weighted by atomic mass is 79.9. The van der Waals surface area contributed by atoms with Gasteiger partial charge in [-0.15, -0.1) is 12.4 Å². The van der Waals surface area contributed by atoms with Crippen molar-refractivity contribution in [2.45, 2.75) is 132 Å². The smallest absolute Gasteiger partial charge is 0.325 e. The average Bonchev–Trinajstić information content (AvgIpc) is 3.21. The van der Waals surface area contributed by atoms with Gasteiger partial charge in [-0.25, -0.2) is 38.7 Å². The standard InChI is InChI=1S/C30H29BrFN7O3.C17H16N4O3.C13H15BrFN3O.ClH/c1-14-6-18(19-11-33-17(4)34-12-19)8-20-25(16(3)40)37-38(26(14)20)13-24(41)39-22(9-30(5)10-23(30)39)29(42)36-28-15(2)7-21(32)27(31)35-28;1-9-4-12(13-6-18-11(3)19-7-13)5-14-16(10(2)22)20-21(17(9)14)8-15(23)24;1-6-3-7(15)10(14)17-11(6)18-12(19)8-4-13(2)5-9(13)16-8;/h6-8,11-12,22-23H,9-10,13H2,1-5H3,(H,35,36,42);4-7H,8H2,1-3H3,(H,23,24);3,8-9,16H,4-5H2,1-2H3,(H,17,18,19);1H/t22-,23+,30-;;8-,9+,13-;/m0.0./s1. The van der Waals surface area contributed by atoms with E-state index in [-0.39, 0.29) is 104 Å². The number of pyridine rings is 2. The summed E-state index contributed by atoms with van der Waals surface area (Å²) in [5.41, 5.74) is 8.10. The van der Waals surface area contributed by atoms with Crippen molar-refractivity contribution in [3.8, 4) is 22.3 Å². The largest absolute Gasteiger partial charge is 0.480 e. The Hall–Kier alpha value is -7.87. The number of Topliss-reactive ketones (excluding diaryl/α,β-unsaturated/α-hetero) is 2. The van der Waals surface area contributed by atoms with Gasteiger partial charge in [-0.3, -0.25) is 38.1 Å². The average molecular weight is 1320 g/mol. The third-order valence-corrected chi connectivity index (χ3v) is 17.3. The Morgan fingerprint density at radius 3 is 1.50 bits per heavy atom. The van der Waals surface area contributed by atoms with Gasteiger partial charge in [-0.1, -0.05) is 13.8 Å². The molecule has 0 bridgehead atoms. The number of carboxylic acid groups (broad SMARTS) is 1. The highest BCUT2D eigenvalue weighted by molar-refractivity contribution is 9.10. The fourth-order valence-corrected chi connectivity index (χ4v) is 12.1. The number of carbonyl (C=O) groups is 6. The number of nitrogens with one attached hydrogen (secondary N) is 3. The Labute approximate surface area is 515 Å². The van der Waals surface area contributed by atoms with Crippen LogP contribution in [0.2, 0.25) is 0 Å². The van der Waals surface area contributed by atoms with E-state index in [4.69, 9.17) is 5.11 Å². The van der Waals surface area contributed by atoms with E-state index < -0.39 is 23.6 Å². The lowest BCUT2D eigenvalue weighted by Gasteiger charge is -2.27. The van der Waals surface area contributed by atoms with Gasteiger partial charge in [0.15, 0.2) is 23.2 Å². The third-order valence-electron chi connectivity index (χ3n) is 16.2. The van der Waals surface area contributed by atoms with Gasteiger partial charge in [0.1, 0.15) is 63.0 Å². The van der Waals surface area contributed by atoms with Crippen molar-refractivity contribution in [1.29, 1.82) is 0 Å². The number of fused-ring (bicyclic) bond motifs is 4. The molecule has 2 saturated carbocycles. The molecule has 2 aromatic carbocycles. The number of carbonyl (C=O) groups excluding carboxylic acids is 5. The van der Waals surface area contributed by atoms with Crippen LogP contribution in [-0.2, 0) is 32.3 Å². The fraction of sp³-hybridized carbons (Fsp3) is 0.367. The van der Waals surface area contributed by atoms with E-state index >= 15 is 0 Å². The van der Waals surface area contributed by atoms with Gasteiger partial charge >= 0.3 is 5.97 Å². The van der Waals surface area contributed by atoms with Crippen LogP contribution in [0.3, 0.4) is 0 Å². The number of ketones is 2. The maximum absolute atomic E-state index is 13.9. The minimum Gasteiger partial charge on any atom is -0.480 e. The maximum Gasteiger partial charge on any atom is 0.325 e. The molecule has 26 heteroatoms. The van der Waals surface area contributed by atoms with E-state index in [1.54, 1.807) is 48.2 Å². The molecule has 4 N–H and O–H groups in total. The second kappa shape index (κ2) is 24.1. The second-order valence-electron chi connectivity index (χ2n) is 23.0. The quantitative estimate of drug-likeness (QED) is 0.0654. The summed E-state index contributed by atoms with van der Waals surface area (Å²) in [6, 6.07) is 9.74. The van der Waals surface area contributed by atoms with Gasteiger partial charge in [0.05, 0.1) is 17.1 Å². The molecule has 2 saturated heterocycles. The van der Waals surface area contributed by atoms with Crippen LogP contribution in [0.4, 0.5) is 20.4 Å². The van der Waals surface area contributed by atoms with Crippen molar-refractivity contribution in [2.75, 3.05) is 10.6 Å². The highest BCUT2D eigenvalue weighted by Crippen LogP contribution is 2.59. The van der Waals surface area contributed by atoms with Gasteiger partial charge < -0.3 is 26.0 Å². The van der Waals surface area contributed by atoms with E-state index in [1.165, 1.54) is 30.7 Å². The zero-order valence-corrected chi connectivity index (χ0v) is 52.6. The molecule has 12 rings (SSSR count). The van der Waals surface area contributed by atoms with Crippen molar-refractivity contribution in [2.24, 2.45) is 10.8 Å². The number of piperidine rings is 2. The van der Waals surface area contributed by atoms with Crippen LogP contribution in [0.15, 0.2) is 70.4 Å². The topological polar surface area (TPSA) is 275 Å². The Kier molecular flexibility index (Phi) is 17.6. The number of amides is 3. The minimum atomic E-state index is -1.01. The molecule has 3 amide bonds. The molecule has 8 heterocycles. The predicted molar refractivity (Wildman–Crippen MR) is 326 cm³/mol. The van der Waals surface area contributed by atoms with Crippen molar-refractivity contribution in [3.05, 3.63) is 127 Å². The molecule has 6 aromatic heterocycles. The lowest BCUT2D eigenvalue weighted by atomic mass is 10.0. The molecule has 6 atom stereocenters. The first-order valence-corrected chi connectivity index (χ1v) is 28.9. The molecule has 21 nitrogen and oxygen atoms in total. The summed E-state index contributed by atoms with van der Waals surface area (Å²) in [7, 11) is 0. The molecular formula is C60H61Br2ClF2N14O7. The number of nitrogens with zero attached hydrogens (tertiary/aromatic N) is 11. The van der Waals surface area contributed by atoms with E-state index in [0.717, 1.165) is 52.6 Å². The first-order valence-electron chi connectivity index (χ1n) is 27.3. The number of benzene rings is 2. The molecule has 4 aliphatic rings. The monoisotopic (exact) mass is 1320 g/mol. The summed E-state index contributed by atoms with van der Waals surface area (Å²) in [6.45, 7) is 17.5. The number of likely N-dealkylation sites (tertiary alicyclic amines) is 1. The summed E-state index contributed by atoms with van der Waals surface area (Å²) in [5, 5.41) is 28.0. The minimum absolute atomic E-state index is 0. The first kappa shape index (κ1) is 62.7. The number of anilines is 2. The second-order valence-corrected chi connectivity index (χ2v) is 24.5. The first-order chi connectivity index (χ1) is 40.1. The Morgan fingerprint density at radius 1 is 0.616 bits per heavy atom. The van der Waals surface area contributed by atoms with Gasteiger partial charge in [0, 0.05) is 72.6 Å². The number of aromatic nitrogens is 10. The van der Waals surface area contributed by atoms with Gasteiger partial charge in [-0.05, 0) is 180 Å².